The van der Waals surface area contributed by atoms with Gasteiger partial charge in [-0.25, -0.2) is 9.50 Å². The first kappa shape index (κ1) is 14.4. The van der Waals surface area contributed by atoms with Gasteiger partial charge in [-0.15, -0.1) is 0 Å². The van der Waals surface area contributed by atoms with E-state index in [9.17, 15) is 0 Å². The van der Waals surface area contributed by atoms with Crippen LogP contribution in [0.4, 0.5) is 0 Å². The monoisotopic (exact) mass is 306 g/mol. The highest BCUT2D eigenvalue weighted by molar-refractivity contribution is 5.65. The van der Waals surface area contributed by atoms with Gasteiger partial charge in [-0.05, 0) is 69.1 Å². The van der Waals surface area contributed by atoms with Crippen molar-refractivity contribution >= 4 is 5.65 Å². The van der Waals surface area contributed by atoms with Crippen molar-refractivity contribution in [2.75, 3.05) is 13.1 Å². The molecule has 118 valence electrons. The molecule has 0 N–H and O–H groups in total. The molecule has 1 aliphatic rings. The first-order valence-corrected chi connectivity index (χ1v) is 8.38. The van der Waals surface area contributed by atoms with Crippen molar-refractivity contribution in [2.24, 2.45) is 0 Å². The molecule has 1 atom stereocenters. The van der Waals surface area contributed by atoms with Gasteiger partial charge in [0.2, 0.25) is 0 Å². The molecular formula is C19H22N4. The molecule has 3 heterocycles. The smallest absolute Gasteiger partial charge is 0.155 e. The van der Waals surface area contributed by atoms with Gasteiger partial charge in [0.1, 0.15) is 5.82 Å². The molecule has 2 aromatic heterocycles. The quantitative estimate of drug-likeness (QED) is 0.736. The molecule has 4 rings (SSSR count). The minimum atomic E-state index is 0.481. The molecule has 0 spiro atoms. The second-order valence-corrected chi connectivity index (χ2v) is 6.42. The zero-order chi connectivity index (χ0) is 15.8. The number of rotatable bonds is 3. The number of fused-ring (bicyclic) bond motifs is 1. The fourth-order valence-electron chi connectivity index (χ4n) is 3.48. The Balaban J connectivity index is 1.68. The summed E-state index contributed by atoms with van der Waals surface area (Å²) in [6.45, 7) is 6.67. The molecular weight excluding hydrogens is 284 g/mol. The molecule has 23 heavy (non-hydrogen) atoms. The van der Waals surface area contributed by atoms with E-state index >= 15 is 0 Å². The third-order valence-electron chi connectivity index (χ3n) is 4.83. The van der Waals surface area contributed by atoms with Crippen molar-refractivity contribution in [3.05, 3.63) is 54.0 Å². The van der Waals surface area contributed by atoms with Crippen LogP contribution in [0.2, 0.25) is 0 Å². The maximum atomic E-state index is 4.42. The van der Waals surface area contributed by atoms with E-state index in [2.05, 4.69) is 58.4 Å². The van der Waals surface area contributed by atoms with Gasteiger partial charge in [0.15, 0.2) is 5.65 Å². The van der Waals surface area contributed by atoms with Crippen molar-refractivity contribution < 1.29 is 0 Å². The average Bonchev–Trinajstić information content (AvgIpc) is 3.22. The molecule has 3 aromatic rings. The Kier molecular flexibility index (Phi) is 3.62. The Morgan fingerprint density at radius 2 is 1.87 bits per heavy atom. The van der Waals surface area contributed by atoms with Crippen molar-refractivity contribution in [2.45, 2.75) is 32.7 Å². The zero-order valence-corrected chi connectivity index (χ0v) is 13.7. The highest BCUT2D eigenvalue weighted by Crippen LogP contribution is 2.28. The zero-order valence-electron chi connectivity index (χ0n) is 13.7. The summed E-state index contributed by atoms with van der Waals surface area (Å²) in [6.07, 6.45) is 4.72. The summed E-state index contributed by atoms with van der Waals surface area (Å²) >= 11 is 0. The molecule has 4 heteroatoms. The Bertz CT molecular complexity index is 830. The van der Waals surface area contributed by atoms with Crippen molar-refractivity contribution in [3.8, 4) is 11.1 Å². The topological polar surface area (TPSA) is 33.4 Å². The third kappa shape index (κ3) is 2.75. The average molecular weight is 306 g/mol. The van der Waals surface area contributed by atoms with Gasteiger partial charge in [0, 0.05) is 17.8 Å². The van der Waals surface area contributed by atoms with Crippen LogP contribution < -0.4 is 0 Å². The van der Waals surface area contributed by atoms with E-state index < -0.39 is 0 Å². The van der Waals surface area contributed by atoms with Gasteiger partial charge >= 0.3 is 0 Å². The molecule has 0 radical (unpaired) electrons. The molecule has 0 amide bonds. The van der Waals surface area contributed by atoms with Crippen LogP contribution in [-0.4, -0.2) is 32.6 Å². The number of aryl methyl sites for hydroxylation is 1. The fraction of sp³-hybridized carbons (Fsp3) is 0.368. The lowest BCUT2D eigenvalue weighted by Crippen LogP contribution is -2.23. The highest BCUT2D eigenvalue weighted by Gasteiger charge is 2.19. The van der Waals surface area contributed by atoms with Crippen LogP contribution in [0.15, 0.2) is 42.6 Å². The van der Waals surface area contributed by atoms with Gasteiger partial charge in [-0.3, -0.25) is 4.90 Å². The van der Waals surface area contributed by atoms with Crippen LogP contribution in [0.5, 0.6) is 0 Å². The standard InChI is InChI=1S/C19H22N4/c1-14(22-10-3-4-11-22)16-6-5-7-17(12-16)18-8-9-19-20-15(2)21-23(19)13-18/h5-9,12-14H,3-4,10-11H2,1-2H3/t14-/m1/s1. The Morgan fingerprint density at radius 1 is 1.04 bits per heavy atom. The lowest BCUT2D eigenvalue weighted by atomic mass is 10.0. The van der Waals surface area contributed by atoms with Crippen LogP contribution in [0.1, 0.15) is 37.2 Å². The number of pyridine rings is 1. The van der Waals surface area contributed by atoms with Gasteiger partial charge < -0.3 is 0 Å². The third-order valence-corrected chi connectivity index (χ3v) is 4.83. The van der Waals surface area contributed by atoms with Crippen LogP contribution in [-0.2, 0) is 0 Å². The summed E-state index contributed by atoms with van der Waals surface area (Å²) < 4.78 is 1.86. The second kappa shape index (κ2) is 5.78. The molecule has 0 aliphatic carbocycles. The normalized spacial score (nSPS) is 17.0. The summed E-state index contributed by atoms with van der Waals surface area (Å²) in [5.74, 6) is 0.804. The molecule has 4 nitrogen and oxygen atoms in total. The van der Waals surface area contributed by atoms with E-state index in [1.165, 1.54) is 42.6 Å². The van der Waals surface area contributed by atoms with Gasteiger partial charge in [0.05, 0.1) is 0 Å². The highest BCUT2D eigenvalue weighted by atomic mass is 15.3. The Labute approximate surface area is 136 Å². The first-order chi connectivity index (χ1) is 11.2. The number of benzene rings is 1. The molecule has 0 unspecified atom stereocenters. The molecule has 1 saturated heterocycles. The van der Waals surface area contributed by atoms with Gasteiger partial charge in [0.25, 0.3) is 0 Å². The summed E-state index contributed by atoms with van der Waals surface area (Å²) in [5.41, 5.74) is 4.70. The van der Waals surface area contributed by atoms with Gasteiger partial charge in [-0.2, -0.15) is 5.10 Å². The largest absolute Gasteiger partial charge is 0.297 e. The van der Waals surface area contributed by atoms with Crippen molar-refractivity contribution in [1.82, 2.24) is 19.5 Å². The second-order valence-electron chi connectivity index (χ2n) is 6.42. The number of hydrogen-bond acceptors (Lipinski definition) is 3. The van der Waals surface area contributed by atoms with Gasteiger partial charge in [-0.1, -0.05) is 18.2 Å². The van der Waals surface area contributed by atoms with Crippen LogP contribution in [0.25, 0.3) is 16.8 Å². The SMILES string of the molecule is Cc1nc2ccc(-c3cccc([C@@H](C)N4CCCC4)c3)cn2n1. The van der Waals surface area contributed by atoms with E-state index in [1.807, 2.05) is 17.5 Å². The molecule has 1 fully saturated rings. The fourth-order valence-corrected chi connectivity index (χ4v) is 3.48. The summed E-state index contributed by atoms with van der Waals surface area (Å²) in [6, 6.07) is 13.5. The number of aromatic nitrogens is 3. The Hall–Kier alpha value is -2.20. The van der Waals surface area contributed by atoms with Crippen molar-refractivity contribution in [1.29, 1.82) is 0 Å². The van der Waals surface area contributed by atoms with E-state index in [-0.39, 0.29) is 0 Å². The van der Waals surface area contributed by atoms with Crippen LogP contribution in [0.3, 0.4) is 0 Å². The summed E-state index contributed by atoms with van der Waals surface area (Å²) in [7, 11) is 0. The van der Waals surface area contributed by atoms with E-state index in [4.69, 9.17) is 0 Å². The predicted molar refractivity (Wildman–Crippen MR) is 92.4 cm³/mol. The molecule has 1 aromatic carbocycles. The number of likely N-dealkylation sites (tertiary alicyclic amines) is 1. The predicted octanol–water partition coefficient (Wildman–Crippen LogP) is 3.86. The minimum Gasteiger partial charge on any atom is -0.297 e. The summed E-state index contributed by atoms with van der Waals surface area (Å²) in [5, 5.41) is 4.42. The lowest BCUT2D eigenvalue weighted by Gasteiger charge is -2.24. The molecule has 0 saturated carbocycles. The van der Waals surface area contributed by atoms with Crippen LogP contribution >= 0.6 is 0 Å². The van der Waals surface area contributed by atoms with Crippen molar-refractivity contribution in [3.63, 3.8) is 0 Å². The maximum Gasteiger partial charge on any atom is 0.155 e. The Morgan fingerprint density at radius 3 is 2.70 bits per heavy atom. The number of nitrogens with zero attached hydrogens (tertiary/aromatic N) is 4. The van der Waals surface area contributed by atoms with E-state index in [0.29, 0.717) is 6.04 Å². The van der Waals surface area contributed by atoms with E-state index in [1.54, 1.807) is 0 Å². The lowest BCUT2D eigenvalue weighted by molar-refractivity contribution is 0.263. The first-order valence-electron chi connectivity index (χ1n) is 8.38. The molecule has 0 bridgehead atoms. The van der Waals surface area contributed by atoms with Crippen LogP contribution in [0, 0.1) is 6.92 Å². The number of hydrogen-bond donors (Lipinski definition) is 0. The maximum absolute atomic E-state index is 4.42. The summed E-state index contributed by atoms with van der Waals surface area (Å²) in [4.78, 5) is 6.96. The van der Waals surface area contributed by atoms with E-state index in [0.717, 1.165) is 11.5 Å². The molecule has 1 aliphatic heterocycles. The minimum absolute atomic E-state index is 0.481.